The Labute approximate surface area is 143 Å². The van der Waals surface area contributed by atoms with Crippen LogP contribution < -0.4 is 4.74 Å². The lowest BCUT2D eigenvalue weighted by Crippen LogP contribution is -2.48. The lowest BCUT2D eigenvalue weighted by molar-refractivity contribution is -0.274. The molecule has 1 heterocycles. The molecule has 1 saturated heterocycles. The molecule has 5 nitrogen and oxygen atoms in total. The smallest absolute Gasteiger partial charge is 0.406 e. The van der Waals surface area contributed by atoms with Crippen molar-refractivity contribution in [3.63, 3.8) is 0 Å². The van der Waals surface area contributed by atoms with Crippen molar-refractivity contribution >= 4 is 21.6 Å². The van der Waals surface area contributed by atoms with Crippen LogP contribution in [0.2, 0.25) is 0 Å². The van der Waals surface area contributed by atoms with Crippen molar-refractivity contribution < 1.29 is 26.3 Å². The average Bonchev–Trinajstić information content (AvgIpc) is 2.46. The Morgan fingerprint density at radius 3 is 2.17 bits per heavy atom. The van der Waals surface area contributed by atoms with Crippen molar-refractivity contribution in [2.24, 2.45) is 0 Å². The van der Waals surface area contributed by atoms with Gasteiger partial charge in [0.1, 0.15) is 5.75 Å². The molecule has 0 radical (unpaired) electrons. The van der Waals surface area contributed by atoms with Crippen molar-refractivity contribution in [2.45, 2.75) is 11.3 Å². The third-order valence-electron chi connectivity index (χ3n) is 3.42. The molecule has 1 aromatic rings. The van der Waals surface area contributed by atoms with Gasteiger partial charge in [0.15, 0.2) is 0 Å². The molecule has 0 N–H and O–H groups in total. The van der Waals surface area contributed by atoms with Crippen molar-refractivity contribution in [1.82, 2.24) is 9.21 Å². The second kappa shape index (κ2) is 7.30. The van der Waals surface area contributed by atoms with Gasteiger partial charge in [-0.05, 0) is 24.3 Å². The molecule has 2 rings (SSSR count). The summed E-state index contributed by atoms with van der Waals surface area (Å²) in [6.45, 7) is 5.63. The number of rotatable bonds is 5. The number of piperazine rings is 1. The maximum atomic E-state index is 12.5. The molecule has 0 aliphatic carbocycles. The van der Waals surface area contributed by atoms with Gasteiger partial charge >= 0.3 is 6.36 Å². The molecular weight excluding hydrogens is 369 g/mol. The highest BCUT2D eigenvalue weighted by molar-refractivity contribution is 7.89. The topological polar surface area (TPSA) is 49.9 Å². The summed E-state index contributed by atoms with van der Waals surface area (Å²) in [7, 11) is -3.76. The predicted molar refractivity (Wildman–Crippen MR) is 83.3 cm³/mol. The minimum atomic E-state index is -4.82. The van der Waals surface area contributed by atoms with Crippen LogP contribution in [0.4, 0.5) is 13.2 Å². The Kier molecular flexibility index (Phi) is 5.79. The lowest BCUT2D eigenvalue weighted by atomic mass is 10.3. The monoisotopic (exact) mass is 384 g/mol. The summed E-state index contributed by atoms with van der Waals surface area (Å²) < 4.78 is 66.4. The molecule has 1 fully saturated rings. The number of benzene rings is 1. The van der Waals surface area contributed by atoms with E-state index in [9.17, 15) is 21.6 Å². The predicted octanol–water partition coefficient (Wildman–Crippen LogP) is 2.64. The molecule has 0 atom stereocenters. The highest BCUT2D eigenvalue weighted by atomic mass is 35.5. The van der Waals surface area contributed by atoms with E-state index < -0.39 is 22.1 Å². The third-order valence-corrected chi connectivity index (χ3v) is 5.45. The van der Waals surface area contributed by atoms with Gasteiger partial charge in [-0.1, -0.05) is 18.2 Å². The van der Waals surface area contributed by atoms with Crippen LogP contribution in [0.25, 0.3) is 0 Å². The summed E-state index contributed by atoms with van der Waals surface area (Å²) in [5.41, 5.74) is 0. The first-order valence-electron chi connectivity index (χ1n) is 6.99. The molecule has 24 heavy (non-hydrogen) atoms. The van der Waals surface area contributed by atoms with E-state index in [0.717, 1.165) is 24.3 Å². The molecule has 0 saturated carbocycles. The Balaban J connectivity index is 2.04. The Morgan fingerprint density at radius 1 is 1.17 bits per heavy atom. The molecule has 1 aliphatic rings. The molecule has 134 valence electrons. The molecular formula is C14H16ClF3N2O3S. The van der Waals surface area contributed by atoms with Gasteiger partial charge in [0.25, 0.3) is 0 Å². The van der Waals surface area contributed by atoms with Crippen LogP contribution in [0.5, 0.6) is 5.75 Å². The quantitative estimate of drug-likeness (QED) is 0.783. The number of ether oxygens (including phenoxy) is 1. The van der Waals surface area contributed by atoms with Crippen molar-refractivity contribution in [2.75, 3.05) is 32.7 Å². The Hall–Kier alpha value is -1.29. The largest absolute Gasteiger partial charge is 0.573 e. The van der Waals surface area contributed by atoms with Gasteiger partial charge in [0.05, 0.1) is 4.90 Å². The average molecular weight is 385 g/mol. The van der Waals surface area contributed by atoms with Gasteiger partial charge in [0.2, 0.25) is 10.0 Å². The number of halogens is 4. The van der Waals surface area contributed by atoms with E-state index in [1.54, 1.807) is 0 Å². The fraction of sp³-hybridized carbons (Fsp3) is 0.429. The molecule has 0 aromatic heterocycles. The van der Waals surface area contributed by atoms with Crippen LogP contribution in [0.1, 0.15) is 0 Å². The summed E-state index contributed by atoms with van der Waals surface area (Å²) in [6.07, 6.45) is -4.82. The number of hydrogen-bond donors (Lipinski definition) is 0. The normalized spacial score (nSPS) is 17.7. The van der Waals surface area contributed by atoms with Crippen LogP contribution in [0.3, 0.4) is 0 Å². The van der Waals surface area contributed by atoms with E-state index in [-0.39, 0.29) is 18.0 Å². The first kappa shape index (κ1) is 19.0. The Bertz CT molecular complexity index is 684. The summed E-state index contributed by atoms with van der Waals surface area (Å²) in [4.78, 5) is 1.90. The fourth-order valence-electron chi connectivity index (χ4n) is 2.33. The van der Waals surface area contributed by atoms with E-state index in [1.807, 2.05) is 4.90 Å². The number of hydrogen-bond acceptors (Lipinski definition) is 4. The van der Waals surface area contributed by atoms with Crippen molar-refractivity contribution in [3.05, 3.63) is 35.9 Å². The number of alkyl halides is 3. The minimum Gasteiger partial charge on any atom is -0.406 e. The van der Waals surface area contributed by atoms with Crippen molar-refractivity contribution in [1.29, 1.82) is 0 Å². The maximum absolute atomic E-state index is 12.5. The Morgan fingerprint density at radius 2 is 1.71 bits per heavy atom. The van der Waals surface area contributed by atoms with E-state index in [0.29, 0.717) is 24.7 Å². The van der Waals surface area contributed by atoms with Gasteiger partial charge in [0, 0.05) is 37.8 Å². The van der Waals surface area contributed by atoms with Crippen LogP contribution in [0.15, 0.2) is 40.8 Å². The maximum Gasteiger partial charge on any atom is 0.573 e. The molecule has 0 unspecified atom stereocenters. The van der Waals surface area contributed by atoms with Gasteiger partial charge < -0.3 is 4.74 Å². The summed E-state index contributed by atoms with van der Waals surface area (Å²) in [5.74, 6) is -0.466. The molecule has 0 bridgehead atoms. The van der Waals surface area contributed by atoms with Crippen LogP contribution in [-0.4, -0.2) is 56.7 Å². The van der Waals surface area contributed by atoms with Crippen molar-refractivity contribution in [3.8, 4) is 5.75 Å². The zero-order valence-electron chi connectivity index (χ0n) is 12.6. The summed E-state index contributed by atoms with van der Waals surface area (Å²) in [5, 5.41) is 0.478. The first-order chi connectivity index (χ1) is 11.1. The number of sulfonamides is 1. The van der Waals surface area contributed by atoms with Crippen LogP contribution in [-0.2, 0) is 10.0 Å². The second-order valence-electron chi connectivity index (χ2n) is 5.22. The van der Waals surface area contributed by atoms with Gasteiger partial charge in [-0.2, -0.15) is 4.31 Å². The number of nitrogens with zero attached hydrogens (tertiary/aromatic N) is 2. The zero-order valence-corrected chi connectivity index (χ0v) is 14.2. The molecule has 10 heteroatoms. The lowest BCUT2D eigenvalue weighted by Gasteiger charge is -2.33. The van der Waals surface area contributed by atoms with E-state index in [1.165, 1.54) is 4.31 Å². The highest BCUT2D eigenvalue weighted by Crippen LogP contribution is 2.25. The van der Waals surface area contributed by atoms with E-state index >= 15 is 0 Å². The van der Waals surface area contributed by atoms with E-state index in [4.69, 9.17) is 11.6 Å². The SMILES string of the molecule is C=C(Cl)CN1CCN(S(=O)(=O)c2ccc(OC(F)(F)F)cc2)CC1. The highest BCUT2D eigenvalue weighted by Gasteiger charge is 2.32. The molecule has 1 aliphatic heterocycles. The zero-order chi connectivity index (χ0) is 18.0. The van der Waals surface area contributed by atoms with Gasteiger partial charge in [-0.15, -0.1) is 13.2 Å². The molecule has 0 amide bonds. The third kappa shape index (κ3) is 5.10. The van der Waals surface area contributed by atoms with Gasteiger partial charge in [-0.25, -0.2) is 8.42 Å². The second-order valence-corrected chi connectivity index (χ2v) is 7.69. The summed E-state index contributed by atoms with van der Waals surface area (Å²) in [6, 6.07) is 4.16. The van der Waals surface area contributed by atoms with E-state index in [2.05, 4.69) is 11.3 Å². The van der Waals surface area contributed by atoms with Crippen LogP contribution >= 0.6 is 11.6 Å². The standard InChI is InChI=1S/C14H16ClF3N2O3S/c1-11(15)10-19-6-8-20(9-7-19)24(21,22)13-4-2-12(3-5-13)23-14(16,17)18/h2-5H,1,6-10H2. The molecule has 1 aromatic carbocycles. The fourth-order valence-corrected chi connectivity index (χ4v) is 3.92. The van der Waals surface area contributed by atoms with Crippen LogP contribution in [0, 0.1) is 0 Å². The summed E-state index contributed by atoms with van der Waals surface area (Å²) >= 11 is 5.73. The first-order valence-corrected chi connectivity index (χ1v) is 8.81. The van der Waals surface area contributed by atoms with Gasteiger partial charge in [-0.3, -0.25) is 4.90 Å². The minimum absolute atomic E-state index is 0.0766. The molecule has 0 spiro atoms.